The SMILES string of the molecule is CN(C)CC(=O)N1CCCC[C@H]1c1nc(Nc2cccc(F)c2)cc(-c2cccnc2)n1. The maximum Gasteiger partial charge on any atom is 0.237 e. The smallest absolute Gasteiger partial charge is 0.237 e. The van der Waals surface area contributed by atoms with Crippen LogP contribution in [0.3, 0.4) is 0 Å². The van der Waals surface area contributed by atoms with Crippen LogP contribution in [0.15, 0.2) is 54.9 Å². The highest BCUT2D eigenvalue weighted by atomic mass is 19.1. The zero-order chi connectivity index (χ0) is 22.5. The number of amides is 1. The summed E-state index contributed by atoms with van der Waals surface area (Å²) in [6, 6.07) is 11.6. The maximum absolute atomic E-state index is 13.7. The molecule has 0 saturated carbocycles. The molecule has 0 radical (unpaired) electrons. The highest BCUT2D eigenvalue weighted by molar-refractivity contribution is 5.79. The molecule has 1 amide bonds. The molecule has 0 aliphatic carbocycles. The van der Waals surface area contributed by atoms with Gasteiger partial charge in [-0.05, 0) is 63.7 Å². The van der Waals surface area contributed by atoms with E-state index in [2.05, 4.69) is 10.3 Å². The van der Waals surface area contributed by atoms with Crippen LogP contribution in [0.2, 0.25) is 0 Å². The number of pyridine rings is 1. The number of benzene rings is 1. The van der Waals surface area contributed by atoms with Crippen LogP contribution in [0.1, 0.15) is 31.1 Å². The number of carbonyl (C=O) groups is 1. The zero-order valence-corrected chi connectivity index (χ0v) is 18.3. The molecule has 3 aromatic rings. The van der Waals surface area contributed by atoms with E-state index in [0.29, 0.717) is 36.1 Å². The van der Waals surface area contributed by atoms with Gasteiger partial charge in [0.25, 0.3) is 0 Å². The Labute approximate surface area is 187 Å². The summed E-state index contributed by atoms with van der Waals surface area (Å²) < 4.78 is 13.7. The van der Waals surface area contributed by atoms with Gasteiger partial charge in [0.1, 0.15) is 11.6 Å². The lowest BCUT2D eigenvalue weighted by atomic mass is 10.0. The minimum absolute atomic E-state index is 0.0646. The molecule has 0 unspecified atom stereocenters. The first-order chi connectivity index (χ1) is 15.5. The quantitative estimate of drug-likeness (QED) is 0.631. The number of hydrogen-bond acceptors (Lipinski definition) is 6. The van der Waals surface area contributed by atoms with Gasteiger partial charge in [0.05, 0.1) is 18.3 Å². The second-order valence-corrected chi connectivity index (χ2v) is 8.21. The molecule has 0 bridgehead atoms. The van der Waals surface area contributed by atoms with Crippen molar-refractivity contribution in [3.05, 3.63) is 66.5 Å². The van der Waals surface area contributed by atoms with Gasteiger partial charge >= 0.3 is 0 Å². The van der Waals surface area contributed by atoms with Crippen molar-refractivity contribution in [1.82, 2.24) is 24.8 Å². The van der Waals surface area contributed by atoms with Gasteiger partial charge in [-0.25, -0.2) is 14.4 Å². The average Bonchev–Trinajstić information content (AvgIpc) is 2.79. The number of carbonyl (C=O) groups excluding carboxylic acids is 1. The van der Waals surface area contributed by atoms with Gasteiger partial charge in [-0.3, -0.25) is 9.78 Å². The number of piperidine rings is 1. The summed E-state index contributed by atoms with van der Waals surface area (Å²) in [5.74, 6) is 0.862. The number of anilines is 2. The monoisotopic (exact) mass is 434 g/mol. The summed E-state index contributed by atoms with van der Waals surface area (Å²) in [5.41, 5.74) is 2.14. The normalized spacial score (nSPS) is 16.2. The van der Waals surface area contributed by atoms with Crippen molar-refractivity contribution >= 4 is 17.4 Å². The summed E-state index contributed by atoms with van der Waals surface area (Å²) in [4.78, 5) is 30.5. The van der Waals surface area contributed by atoms with Crippen molar-refractivity contribution in [3.8, 4) is 11.3 Å². The van der Waals surface area contributed by atoms with Crippen LogP contribution in [0.5, 0.6) is 0 Å². The lowest BCUT2D eigenvalue weighted by Gasteiger charge is -2.35. The zero-order valence-electron chi connectivity index (χ0n) is 18.3. The van der Waals surface area contributed by atoms with E-state index in [0.717, 1.165) is 24.8 Å². The third kappa shape index (κ3) is 5.26. The molecule has 2 aromatic heterocycles. The van der Waals surface area contributed by atoms with Crippen LogP contribution in [0.25, 0.3) is 11.3 Å². The lowest BCUT2D eigenvalue weighted by molar-refractivity contribution is -0.135. The Kier molecular flexibility index (Phi) is 6.70. The Hall–Kier alpha value is -3.39. The molecule has 1 atom stereocenters. The molecule has 7 nitrogen and oxygen atoms in total. The Bertz CT molecular complexity index is 1080. The second kappa shape index (κ2) is 9.82. The summed E-state index contributed by atoms with van der Waals surface area (Å²) in [7, 11) is 3.77. The third-order valence-corrected chi connectivity index (χ3v) is 5.37. The molecule has 166 valence electrons. The highest BCUT2D eigenvalue weighted by Crippen LogP contribution is 2.32. The molecule has 4 rings (SSSR count). The van der Waals surface area contributed by atoms with Crippen molar-refractivity contribution in [2.75, 3.05) is 32.5 Å². The molecule has 8 heteroatoms. The van der Waals surface area contributed by atoms with Crippen molar-refractivity contribution in [1.29, 1.82) is 0 Å². The van der Waals surface area contributed by atoms with Crippen LogP contribution >= 0.6 is 0 Å². The molecular weight excluding hydrogens is 407 g/mol. The van der Waals surface area contributed by atoms with Crippen molar-refractivity contribution < 1.29 is 9.18 Å². The number of rotatable bonds is 6. The van der Waals surface area contributed by atoms with Crippen LogP contribution in [-0.2, 0) is 4.79 Å². The van der Waals surface area contributed by atoms with E-state index in [4.69, 9.17) is 9.97 Å². The van der Waals surface area contributed by atoms with Gasteiger partial charge in [0.2, 0.25) is 5.91 Å². The summed E-state index contributed by atoms with van der Waals surface area (Å²) in [6.07, 6.45) is 6.22. The number of nitrogens with zero attached hydrogens (tertiary/aromatic N) is 5. The first-order valence-electron chi connectivity index (χ1n) is 10.8. The van der Waals surface area contributed by atoms with Gasteiger partial charge in [-0.2, -0.15) is 0 Å². The molecule has 1 fully saturated rings. The predicted molar refractivity (Wildman–Crippen MR) is 122 cm³/mol. The van der Waals surface area contributed by atoms with E-state index in [1.54, 1.807) is 24.5 Å². The number of nitrogens with one attached hydrogen (secondary N) is 1. The van der Waals surface area contributed by atoms with E-state index >= 15 is 0 Å². The minimum atomic E-state index is -0.329. The second-order valence-electron chi connectivity index (χ2n) is 8.21. The van der Waals surface area contributed by atoms with Crippen LogP contribution in [0.4, 0.5) is 15.9 Å². The fourth-order valence-electron chi connectivity index (χ4n) is 3.92. The number of aromatic nitrogens is 3. The number of halogens is 1. The molecule has 32 heavy (non-hydrogen) atoms. The number of likely N-dealkylation sites (N-methyl/N-ethyl adjacent to an activating group) is 1. The van der Waals surface area contributed by atoms with E-state index in [9.17, 15) is 9.18 Å². The van der Waals surface area contributed by atoms with Crippen LogP contribution in [-0.4, -0.2) is 57.8 Å². The third-order valence-electron chi connectivity index (χ3n) is 5.37. The fraction of sp³-hybridized carbons (Fsp3) is 0.333. The van der Waals surface area contributed by atoms with Crippen molar-refractivity contribution in [3.63, 3.8) is 0 Å². The van der Waals surface area contributed by atoms with Gasteiger partial charge < -0.3 is 15.1 Å². The molecular formula is C24H27FN6O. The molecule has 1 aliphatic rings. The summed E-state index contributed by atoms with van der Waals surface area (Å²) in [5, 5.41) is 3.19. The van der Waals surface area contributed by atoms with Crippen LogP contribution < -0.4 is 5.32 Å². The Morgan fingerprint density at radius 2 is 2.06 bits per heavy atom. The van der Waals surface area contributed by atoms with Gasteiger partial charge in [0, 0.05) is 36.3 Å². The molecule has 3 heterocycles. The topological polar surface area (TPSA) is 74.2 Å². The number of hydrogen-bond donors (Lipinski definition) is 1. The average molecular weight is 435 g/mol. The molecule has 1 aromatic carbocycles. The molecule has 1 saturated heterocycles. The van der Waals surface area contributed by atoms with Crippen molar-refractivity contribution in [2.45, 2.75) is 25.3 Å². The largest absolute Gasteiger partial charge is 0.340 e. The maximum atomic E-state index is 13.7. The first kappa shape index (κ1) is 21.8. The first-order valence-corrected chi connectivity index (χ1v) is 10.8. The summed E-state index contributed by atoms with van der Waals surface area (Å²) >= 11 is 0. The molecule has 1 N–H and O–H groups in total. The Morgan fingerprint density at radius 3 is 2.81 bits per heavy atom. The minimum Gasteiger partial charge on any atom is -0.340 e. The lowest BCUT2D eigenvalue weighted by Crippen LogP contribution is -2.43. The predicted octanol–water partition coefficient (Wildman–Crippen LogP) is 4.04. The van der Waals surface area contributed by atoms with E-state index < -0.39 is 0 Å². The van der Waals surface area contributed by atoms with E-state index in [1.807, 2.05) is 42.1 Å². The van der Waals surface area contributed by atoms with Crippen molar-refractivity contribution in [2.24, 2.45) is 0 Å². The summed E-state index contributed by atoms with van der Waals surface area (Å²) in [6.45, 7) is 1.03. The molecule has 0 spiro atoms. The van der Waals surface area contributed by atoms with E-state index in [1.165, 1.54) is 12.1 Å². The van der Waals surface area contributed by atoms with E-state index in [-0.39, 0.29) is 17.8 Å². The Balaban J connectivity index is 1.73. The van der Waals surface area contributed by atoms with Crippen LogP contribution in [0, 0.1) is 5.82 Å². The van der Waals surface area contributed by atoms with Gasteiger partial charge in [0.15, 0.2) is 5.82 Å². The fourth-order valence-corrected chi connectivity index (χ4v) is 3.92. The number of likely N-dealkylation sites (tertiary alicyclic amines) is 1. The Morgan fingerprint density at radius 1 is 1.19 bits per heavy atom. The standard InChI is InChI=1S/C24H27FN6O/c1-30(2)16-23(32)31-12-4-3-10-21(31)24-28-20(17-7-6-11-26-15-17)14-22(29-24)27-19-9-5-8-18(25)13-19/h5-9,11,13-15,21H,3-4,10,12,16H2,1-2H3,(H,27,28,29)/t21-/m0/s1. The van der Waals surface area contributed by atoms with Gasteiger partial charge in [-0.15, -0.1) is 0 Å². The van der Waals surface area contributed by atoms with Gasteiger partial charge in [-0.1, -0.05) is 6.07 Å². The molecule has 1 aliphatic heterocycles. The highest BCUT2D eigenvalue weighted by Gasteiger charge is 2.30.